The lowest BCUT2D eigenvalue weighted by atomic mass is 10.2. The fourth-order valence-electron chi connectivity index (χ4n) is 1.10. The van der Waals surface area contributed by atoms with Crippen LogP contribution in [0.4, 0.5) is 10.5 Å². The first-order valence-electron chi connectivity index (χ1n) is 4.84. The molecule has 0 unspecified atom stereocenters. The topological polar surface area (TPSA) is 143 Å². The van der Waals surface area contributed by atoms with Crippen molar-refractivity contribution in [2.45, 2.75) is 0 Å². The van der Waals surface area contributed by atoms with Gasteiger partial charge >= 0.3 is 16.3 Å². The van der Waals surface area contributed by atoms with Gasteiger partial charge in [0, 0.05) is 5.56 Å². The summed E-state index contributed by atoms with van der Waals surface area (Å²) in [7, 11) is -3.03. The Balaban J connectivity index is 2.81. The third-order valence-electron chi connectivity index (χ3n) is 1.94. The third kappa shape index (κ3) is 4.35. The average molecular weight is 288 g/mol. The monoisotopic (exact) mass is 288 g/mol. The van der Waals surface area contributed by atoms with Crippen LogP contribution in [-0.2, 0) is 14.9 Å². The van der Waals surface area contributed by atoms with Crippen LogP contribution in [0.25, 0.3) is 0 Å². The highest BCUT2D eigenvalue weighted by molar-refractivity contribution is 7.91. The molecule has 0 saturated heterocycles. The van der Waals surface area contributed by atoms with E-state index in [4.69, 9.17) is 10.9 Å². The molecule has 10 heteroatoms. The zero-order valence-corrected chi connectivity index (χ0v) is 10.6. The molecule has 0 aliphatic rings. The maximum atomic E-state index is 11.4. The number of nitrogens with zero attached hydrogens (tertiary/aromatic N) is 1. The summed E-state index contributed by atoms with van der Waals surface area (Å²) in [6.07, 6.45) is -1.11. The molecule has 0 atom stereocenters. The van der Waals surface area contributed by atoms with Crippen LogP contribution in [0.15, 0.2) is 29.4 Å². The van der Waals surface area contributed by atoms with Gasteiger partial charge in [0.25, 0.3) is 0 Å². The minimum absolute atomic E-state index is 0.109. The van der Waals surface area contributed by atoms with Gasteiger partial charge in [-0.1, -0.05) is 5.16 Å². The normalized spacial score (nSPS) is 11.7. The highest BCUT2D eigenvalue weighted by atomic mass is 32.2. The predicted molar refractivity (Wildman–Crippen MR) is 67.0 cm³/mol. The molecule has 9 nitrogen and oxygen atoms in total. The number of carbonyl (C=O) groups is 1. The highest BCUT2D eigenvalue weighted by Crippen LogP contribution is 2.10. The SMILES string of the molecule is COC(=O)NS(=O)(=O)Nc1ccc(/C(N)=N/O)cc1. The second kappa shape index (κ2) is 5.91. The second-order valence-electron chi connectivity index (χ2n) is 3.26. The molecule has 1 aromatic carbocycles. The molecule has 1 amide bonds. The van der Waals surface area contributed by atoms with Crippen molar-refractivity contribution in [2.75, 3.05) is 11.8 Å². The van der Waals surface area contributed by atoms with Gasteiger partial charge in [0.1, 0.15) is 0 Å². The number of hydrogen-bond donors (Lipinski definition) is 4. The quantitative estimate of drug-likeness (QED) is 0.261. The Morgan fingerprint density at radius 1 is 1.37 bits per heavy atom. The molecule has 104 valence electrons. The largest absolute Gasteiger partial charge is 0.452 e. The molecule has 5 N–H and O–H groups in total. The lowest BCUT2D eigenvalue weighted by molar-refractivity contribution is 0.177. The summed E-state index contributed by atoms with van der Waals surface area (Å²) >= 11 is 0. The Hall–Kier alpha value is -2.49. The van der Waals surface area contributed by atoms with Crippen LogP contribution in [0.2, 0.25) is 0 Å². The second-order valence-corrected chi connectivity index (χ2v) is 4.68. The molecule has 1 aromatic rings. The Morgan fingerprint density at radius 3 is 2.42 bits per heavy atom. The van der Waals surface area contributed by atoms with Gasteiger partial charge < -0.3 is 15.7 Å². The van der Waals surface area contributed by atoms with Gasteiger partial charge in [-0.2, -0.15) is 8.42 Å². The molecular weight excluding hydrogens is 276 g/mol. The smallest absolute Gasteiger partial charge is 0.422 e. The molecule has 1 rings (SSSR count). The first-order chi connectivity index (χ1) is 8.88. The summed E-state index contributed by atoms with van der Waals surface area (Å²) in [6.45, 7) is 0. The van der Waals surface area contributed by atoms with E-state index in [1.165, 1.54) is 24.3 Å². The number of nitrogens with two attached hydrogens (primary N) is 1. The van der Waals surface area contributed by atoms with Crippen LogP contribution in [0, 0.1) is 0 Å². The van der Waals surface area contributed by atoms with Gasteiger partial charge in [0.2, 0.25) is 0 Å². The van der Waals surface area contributed by atoms with E-state index in [1.54, 1.807) is 4.72 Å². The lowest BCUT2D eigenvalue weighted by Crippen LogP contribution is -2.35. The van der Waals surface area contributed by atoms with E-state index < -0.39 is 16.3 Å². The Bertz CT molecular complexity index is 581. The maximum absolute atomic E-state index is 11.4. The molecule has 0 aromatic heterocycles. The van der Waals surface area contributed by atoms with Crippen molar-refractivity contribution in [3.05, 3.63) is 29.8 Å². The summed E-state index contributed by atoms with van der Waals surface area (Å²) in [5.74, 6) is -0.109. The molecule has 0 bridgehead atoms. The Labute approximate surface area is 109 Å². The number of anilines is 1. The Morgan fingerprint density at radius 2 is 1.95 bits per heavy atom. The minimum atomic E-state index is -4.07. The van der Waals surface area contributed by atoms with Crippen molar-refractivity contribution in [2.24, 2.45) is 10.9 Å². The predicted octanol–water partition coefficient (Wildman–Crippen LogP) is -0.206. The van der Waals surface area contributed by atoms with E-state index in [0.717, 1.165) is 7.11 Å². The van der Waals surface area contributed by atoms with Gasteiger partial charge in [-0.15, -0.1) is 0 Å². The van der Waals surface area contributed by atoms with Crippen molar-refractivity contribution in [1.82, 2.24) is 4.72 Å². The summed E-state index contributed by atoms with van der Waals surface area (Å²) in [5, 5.41) is 11.3. The first-order valence-corrected chi connectivity index (χ1v) is 6.32. The van der Waals surface area contributed by atoms with Gasteiger partial charge in [0.15, 0.2) is 5.84 Å². The minimum Gasteiger partial charge on any atom is -0.452 e. The van der Waals surface area contributed by atoms with Crippen molar-refractivity contribution >= 4 is 27.8 Å². The Kier molecular flexibility index (Phi) is 4.53. The van der Waals surface area contributed by atoms with Gasteiger partial charge in [-0.3, -0.25) is 4.72 Å². The maximum Gasteiger partial charge on any atom is 0.422 e. The molecule has 0 fully saturated rings. The first kappa shape index (κ1) is 14.6. The van der Waals surface area contributed by atoms with E-state index in [9.17, 15) is 13.2 Å². The van der Waals surface area contributed by atoms with Crippen LogP contribution in [0.3, 0.4) is 0 Å². The van der Waals surface area contributed by atoms with E-state index in [0.29, 0.717) is 5.56 Å². The zero-order chi connectivity index (χ0) is 14.5. The summed E-state index contributed by atoms with van der Waals surface area (Å²) < 4.78 is 30.7. The number of oxime groups is 1. The number of carbonyl (C=O) groups excluding carboxylic acids is 1. The number of rotatable bonds is 4. The van der Waals surface area contributed by atoms with Crippen molar-refractivity contribution in [1.29, 1.82) is 0 Å². The third-order valence-corrected chi connectivity index (χ3v) is 2.88. The van der Waals surface area contributed by atoms with Gasteiger partial charge in [0.05, 0.1) is 12.8 Å². The molecule has 0 spiro atoms. The van der Waals surface area contributed by atoms with Crippen molar-refractivity contribution < 1.29 is 23.2 Å². The van der Waals surface area contributed by atoms with Crippen LogP contribution in [-0.4, -0.2) is 32.7 Å². The summed E-state index contributed by atoms with van der Waals surface area (Å²) in [4.78, 5) is 10.8. The number of ether oxygens (including phenoxy) is 1. The zero-order valence-electron chi connectivity index (χ0n) is 9.82. The molecule has 19 heavy (non-hydrogen) atoms. The fraction of sp³-hybridized carbons (Fsp3) is 0.111. The molecule has 0 radical (unpaired) electrons. The van der Waals surface area contributed by atoms with Gasteiger partial charge in [-0.25, -0.2) is 9.52 Å². The van der Waals surface area contributed by atoms with Crippen LogP contribution in [0.5, 0.6) is 0 Å². The average Bonchev–Trinajstić information content (AvgIpc) is 2.37. The summed E-state index contributed by atoms with van der Waals surface area (Å²) in [6, 6.07) is 5.63. The number of amidine groups is 1. The van der Waals surface area contributed by atoms with E-state index in [-0.39, 0.29) is 11.5 Å². The van der Waals surface area contributed by atoms with Crippen molar-refractivity contribution in [3.63, 3.8) is 0 Å². The van der Waals surface area contributed by atoms with Gasteiger partial charge in [-0.05, 0) is 24.3 Å². The number of methoxy groups -OCH3 is 1. The molecule has 0 aliphatic carbocycles. The molecule has 0 aliphatic heterocycles. The van der Waals surface area contributed by atoms with Crippen LogP contribution in [0.1, 0.15) is 5.56 Å². The molecule has 0 heterocycles. The van der Waals surface area contributed by atoms with E-state index >= 15 is 0 Å². The highest BCUT2D eigenvalue weighted by Gasteiger charge is 2.14. The number of amides is 1. The van der Waals surface area contributed by atoms with Crippen molar-refractivity contribution in [3.8, 4) is 0 Å². The van der Waals surface area contributed by atoms with E-state index in [1.807, 2.05) is 0 Å². The fourth-order valence-corrected chi connectivity index (χ4v) is 1.90. The lowest BCUT2D eigenvalue weighted by Gasteiger charge is -2.08. The standard InChI is InChI=1S/C9H12N4O5S/c1-18-9(14)13-19(16,17)12-7-4-2-6(3-5-7)8(10)11-15/h2-5,12,15H,1H3,(H2,10,11)(H,13,14). The van der Waals surface area contributed by atoms with Crippen LogP contribution >= 0.6 is 0 Å². The molecule has 0 saturated carbocycles. The van der Waals surface area contributed by atoms with E-state index in [2.05, 4.69) is 14.6 Å². The van der Waals surface area contributed by atoms with Crippen LogP contribution < -0.4 is 15.2 Å². The number of hydrogen-bond acceptors (Lipinski definition) is 6. The summed E-state index contributed by atoms with van der Waals surface area (Å²) in [5.41, 5.74) is 5.94. The molecular formula is C9H12N4O5S. The number of benzene rings is 1. The number of nitrogens with one attached hydrogen (secondary N) is 2.